The van der Waals surface area contributed by atoms with Gasteiger partial charge in [-0.3, -0.25) is 0 Å². The number of benzene rings is 1. The Morgan fingerprint density at radius 3 is 2.84 bits per heavy atom. The number of aryl methyl sites for hydroxylation is 1. The van der Waals surface area contributed by atoms with Crippen molar-refractivity contribution in [2.45, 2.75) is 6.92 Å². The van der Waals surface area contributed by atoms with E-state index in [1.54, 1.807) is 36.5 Å². The topological polar surface area (TPSA) is 64.3 Å². The van der Waals surface area contributed by atoms with Crippen molar-refractivity contribution < 1.29 is 14.6 Å². The Labute approximate surface area is 110 Å². The highest BCUT2D eigenvalue weighted by Gasteiger charge is 2.12. The van der Waals surface area contributed by atoms with Gasteiger partial charge in [-0.1, -0.05) is 12.1 Å². The van der Waals surface area contributed by atoms with Crippen molar-refractivity contribution in [1.82, 2.24) is 9.55 Å². The number of rotatable bonds is 4. The summed E-state index contributed by atoms with van der Waals surface area (Å²) >= 11 is 0. The number of hydrogen-bond acceptors (Lipinski definition) is 3. The van der Waals surface area contributed by atoms with Gasteiger partial charge in [0.1, 0.15) is 5.75 Å². The van der Waals surface area contributed by atoms with Crippen LogP contribution in [-0.4, -0.2) is 27.7 Å². The second-order valence-corrected chi connectivity index (χ2v) is 4.00. The summed E-state index contributed by atoms with van der Waals surface area (Å²) in [6, 6.07) is 3.74. The quantitative estimate of drug-likeness (QED) is 0.854. The average Bonchev–Trinajstić information content (AvgIpc) is 2.90. The number of aromatic nitrogens is 2. The maximum atomic E-state index is 10.7. The minimum atomic E-state index is -0.990. The number of aliphatic carboxylic acids is 1. The third-order valence-electron chi connectivity index (χ3n) is 2.73. The molecule has 0 aliphatic rings. The summed E-state index contributed by atoms with van der Waals surface area (Å²) in [5.74, 6) is -0.290. The summed E-state index contributed by atoms with van der Waals surface area (Å²) in [6.07, 6.45) is 7.74. The molecule has 1 heterocycles. The first-order valence-electron chi connectivity index (χ1n) is 5.70. The Hall–Kier alpha value is -2.56. The Morgan fingerprint density at radius 1 is 1.47 bits per heavy atom. The number of ether oxygens (including phenoxy) is 1. The molecule has 0 amide bonds. The smallest absolute Gasteiger partial charge is 0.328 e. The van der Waals surface area contributed by atoms with E-state index in [-0.39, 0.29) is 0 Å². The maximum absolute atomic E-state index is 10.7. The molecule has 1 aromatic heterocycles. The van der Waals surface area contributed by atoms with Crippen molar-refractivity contribution >= 4 is 12.0 Å². The van der Waals surface area contributed by atoms with Crippen LogP contribution in [0.25, 0.3) is 11.8 Å². The molecule has 1 aromatic carbocycles. The Morgan fingerprint density at radius 2 is 2.26 bits per heavy atom. The predicted octanol–water partition coefficient (Wildman–Crippen LogP) is 2.29. The number of hydrogen-bond donors (Lipinski definition) is 1. The fraction of sp³-hybridized carbons (Fsp3) is 0.143. The third kappa shape index (κ3) is 2.65. The third-order valence-corrected chi connectivity index (χ3v) is 2.73. The van der Waals surface area contributed by atoms with E-state index in [1.807, 2.05) is 19.1 Å². The fourth-order valence-electron chi connectivity index (χ4n) is 1.90. The predicted molar refractivity (Wildman–Crippen MR) is 71.5 cm³/mol. The number of imidazole rings is 1. The van der Waals surface area contributed by atoms with Gasteiger partial charge in [0.25, 0.3) is 0 Å². The zero-order chi connectivity index (χ0) is 13.8. The number of methoxy groups -OCH3 is 1. The highest BCUT2D eigenvalue weighted by molar-refractivity contribution is 5.86. The van der Waals surface area contributed by atoms with E-state index < -0.39 is 5.97 Å². The van der Waals surface area contributed by atoms with Gasteiger partial charge in [-0.15, -0.1) is 0 Å². The summed E-state index contributed by atoms with van der Waals surface area (Å²) < 4.78 is 7.22. The van der Waals surface area contributed by atoms with Gasteiger partial charge in [0.15, 0.2) is 0 Å². The van der Waals surface area contributed by atoms with Crippen molar-refractivity contribution in [3.05, 3.63) is 48.1 Å². The van der Waals surface area contributed by atoms with Gasteiger partial charge in [-0.05, 0) is 18.6 Å². The summed E-state index contributed by atoms with van der Waals surface area (Å²) in [4.78, 5) is 14.7. The Balaban J connectivity index is 2.64. The van der Waals surface area contributed by atoms with Crippen molar-refractivity contribution in [1.29, 1.82) is 0 Å². The molecule has 2 rings (SSSR count). The molecule has 1 N–H and O–H groups in total. The monoisotopic (exact) mass is 258 g/mol. The second-order valence-electron chi connectivity index (χ2n) is 4.00. The molecule has 98 valence electrons. The number of carboxylic acid groups (broad SMARTS) is 1. The first-order valence-corrected chi connectivity index (χ1v) is 5.70. The van der Waals surface area contributed by atoms with Crippen molar-refractivity contribution in [3.63, 3.8) is 0 Å². The fourth-order valence-corrected chi connectivity index (χ4v) is 1.90. The van der Waals surface area contributed by atoms with Crippen LogP contribution in [0, 0.1) is 6.92 Å². The van der Waals surface area contributed by atoms with Crippen molar-refractivity contribution in [2.24, 2.45) is 0 Å². The van der Waals surface area contributed by atoms with Gasteiger partial charge in [0, 0.05) is 24.0 Å². The van der Waals surface area contributed by atoms with E-state index in [1.165, 1.54) is 0 Å². The molecule has 0 fully saturated rings. The van der Waals surface area contributed by atoms with Gasteiger partial charge in [0.2, 0.25) is 0 Å². The Bertz CT molecular complexity index is 616. The summed E-state index contributed by atoms with van der Waals surface area (Å²) in [7, 11) is 1.59. The number of carbonyl (C=O) groups is 1. The molecule has 0 radical (unpaired) electrons. The van der Waals surface area contributed by atoms with E-state index >= 15 is 0 Å². The first kappa shape index (κ1) is 12.9. The molecule has 5 heteroatoms. The zero-order valence-electron chi connectivity index (χ0n) is 10.7. The normalized spacial score (nSPS) is 10.8. The van der Waals surface area contributed by atoms with Crippen LogP contribution in [0.3, 0.4) is 0 Å². The molecule has 0 atom stereocenters. The molecule has 5 nitrogen and oxygen atoms in total. The van der Waals surface area contributed by atoms with Crippen LogP contribution in [0.15, 0.2) is 36.9 Å². The van der Waals surface area contributed by atoms with Crippen LogP contribution in [0.2, 0.25) is 0 Å². The summed E-state index contributed by atoms with van der Waals surface area (Å²) in [5, 5.41) is 8.74. The molecule has 0 bridgehead atoms. The van der Waals surface area contributed by atoms with E-state index in [0.717, 1.165) is 22.9 Å². The zero-order valence-corrected chi connectivity index (χ0v) is 10.7. The van der Waals surface area contributed by atoms with Crippen LogP contribution >= 0.6 is 0 Å². The SMILES string of the molecule is COc1c(C)ccc(C=CC(=O)O)c1-n1ccnc1. The van der Waals surface area contributed by atoms with Crippen LogP contribution in [0.5, 0.6) is 5.75 Å². The standard InChI is InChI=1S/C14H14N2O3/c1-10-3-4-11(5-6-12(17)18)13(14(10)19-2)16-8-7-15-9-16/h3-9H,1-2H3,(H,17,18). The van der Waals surface area contributed by atoms with Gasteiger partial charge in [-0.2, -0.15) is 0 Å². The van der Waals surface area contributed by atoms with Gasteiger partial charge in [0.05, 0.1) is 19.1 Å². The van der Waals surface area contributed by atoms with Crippen LogP contribution in [0.4, 0.5) is 0 Å². The summed E-state index contributed by atoms with van der Waals surface area (Å²) in [6.45, 7) is 1.93. The Kier molecular flexibility index (Phi) is 3.66. The molecule has 0 aliphatic carbocycles. The molecular weight excluding hydrogens is 244 g/mol. The number of carboxylic acids is 1. The maximum Gasteiger partial charge on any atom is 0.328 e. The summed E-state index contributed by atoms with van der Waals surface area (Å²) in [5.41, 5.74) is 2.50. The largest absolute Gasteiger partial charge is 0.494 e. The van der Waals surface area contributed by atoms with Crippen molar-refractivity contribution in [3.8, 4) is 11.4 Å². The average molecular weight is 258 g/mol. The van der Waals surface area contributed by atoms with Gasteiger partial charge in [-0.25, -0.2) is 9.78 Å². The molecule has 0 saturated heterocycles. The molecular formula is C14H14N2O3. The lowest BCUT2D eigenvalue weighted by molar-refractivity contribution is -0.131. The molecule has 0 saturated carbocycles. The minimum Gasteiger partial charge on any atom is -0.494 e. The van der Waals surface area contributed by atoms with Crippen molar-refractivity contribution in [2.75, 3.05) is 7.11 Å². The van der Waals surface area contributed by atoms with E-state index in [0.29, 0.717) is 5.75 Å². The lowest BCUT2D eigenvalue weighted by Crippen LogP contribution is -2.01. The minimum absolute atomic E-state index is 0.700. The molecule has 0 unspecified atom stereocenters. The molecule has 0 aliphatic heterocycles. The van der Waals surface area contributed by atoms with Crippen LogP contribution in [-0.2, 0) is 4.79 Å². The van der Waals surface area contributed by atoms with Gasteiger partial charge < -0.3 is 14.4 Å². The second kappa shape index (κ2) is 5.39. The van der Waals surface area contributed by atoms with Crippen LogP contribution in [0.1, 0.15) is 11.1 Å². The highest BCUT2D eigenvalue weighted by Crippen LogP contribution is 2.31. The van der Waals surface area contributed by atoms with Gasteiger partial charge >= 0.3 is 5.97 Å². The highest BCUT2D eigenvalue weighted by atomic mass is 16.5. The lowest BCUT2D eigenvalue weighted by atomic mass is 10.1. The van der Waals surface area contributed by atoms with E-state index in [4.69, 9.17) is 9.84 Å². The molecule has 0 spiro atoms. The first-order chi connectivity index (χ1) is 9.13. The van der Waals surface area contributed by atoms with Crippen LogP contribution < -0.4 is 4.74 Å². The molecule has 2 aromatic rings. The van der Waals surface area contributed by atoms with E-state index in [9.17, 15) is 4.79 Å². The van der Waals surface area contributed by atoms with E-state index in [2.05, 4.69) is 4.98 Å². The lowest BCUT2D eigenvalue weighted by Gasteiger charge is -2.14. The molecule has 19 heavy (non-hydrogen) atoms. The number of nitrogens with zero attached hydrogens (tertiary/aromatic N) is 2.